The highest BCUT2D eigenvalue weighted by Gasteiger charge is 2.10. The van der Waals surface area contributed by atoms with E-state index in [1.165, 1.54) is 0 Å². The highest BCUT2D eigenvalue weighted by atomic mass is 16.5. The third-order valence-electron chi connectivity index (χ3n) is 1.85. The Balaban J connectivity index is 2.08. The SMILES string of the molecule is CC(C)(O)CNCCOc1ccccc1. The molecule has 0 atom stereocenters. The standard InChI is InChI=1S/C12H19NO2/c1-12(2,14)10-13-8-9-15-11-6-4-3-5-7-11/h3-7,13-14H,8-10H2,1-2H3. The summed E-state index contributed by atoms with van der Waals surface area (Å²) in [5, 5.41) is 12.6. The summed E-state index contributed by atoms with van der Waals surface area (Å²) in [6.45, 7) is 5.47. The lowest BCUT2D eigenvalue weighted by Gasteiger charge is -2.17. The topological polar surface area (TPSA) is 41.5 Å². The molecule has 0 fully saturated rings. The smallest absolute Gasteiger partial charge is 0.119 e. The fourth-order valence-electron chi connectivity index (χ4n) is 1.15. The monoisotopic (exact) mass is 209 g/mol. The molecule has 0 aliphatic rings. The Bertz CT molecular complexity index is 267. The summed E-state index contributed by atoms with van der Waals surface area (Å²) < 4.78 is 5.48. The van der Waals surface area contributed by atoms with Crippen molar-refractivity contribution in [2.45, 2.75) is 19.4 Å². The maximum Gasteiger partial charge on any atom is 0.119 e. The molecule has 2 N–H and O–H groups in total. The van der Waals surface area contributed by atoms with Crippen LogP contribution in [0.4, 0.5) is 0 Å². The van der Waals surface area contributed by atoms with Gasteiger partial charge in [0.05, 0.1) is 5.60 Å². The van der Waals surface area contributed by atoms with Gasteiger partial charge in [-0.2, -0.15) is 0 Å². The lowest BCUT2D eigenvalue weighted by Crippen LogP contribution is -2.36. The van der Waals surface area contributed by atoms with Crippen LogP contribution in [-0.4, -0.2) is 30.4 Å². The van der Waals surface area contributed by atoms with Crippen LogP contribution in [0.15, 0.2) is 30.3 Å². The van der Waals surface area contributed by atoms with Crippen LogP contribution >= 0.6 is 0 Å². The molecule has 3 nitrogen and oxygen atoms in total. The molecular formula is C12H19NO2. The second-order valence-corrected chi connectivity index (χ2v) is 4.15. The number of hydrogen-bond donors (Lipinski definition) is 2. The van der Waals surface area contributed by atoms with Gasteiger partial charge in [-0.15, -0.1) is 0 Å². The number of benzene rings is 1. The van der Waals surface area contributed by atoms with E-state index in [0.717, 1.165) is 12.3 Å². The third kappa shape index (κ3) is 6.10. The molecule has 0 heterocycles. The molecule has 0 radical (unpaired) electrons. The normalized spacial score (nSPS) is 11.4. The fraction of sp³-hybridized carbons (Fsp3) is 0.500. The van der Waals surface area contributed by atoms with Gasteiger partial charge in [-0.05, 0) is 26.0 Å². The van der Waals surface area contributed by atoms with Gasteiger partial charge < -0.3 is 15.2 Å². The van der Waals surface area contributed by atoms with Crippen molar-refractivity contribution in [2.75, 3.05) is 19.7 Å². The molecule has 0 bridgehead atoms. The van der Waals surface area contributed by atoms with E-state index in [1.807, 2.05) is 30.3 Å². The average Bonchev–Trinajstić information content (AvgIpc) is 2.17. The van der Waals surface area contributed by atoms with Crippen LogP contribution in [0.5, 0.6) is 5.75 Å². The van der Waals surface area contributed by atoms with Crippen molar-refractivity contribution in [1.29, 1.82) is 0 Å². The van der Waals surface area contributed by atoms with E-state index in [-0.39, 0.29) is 0 Å². The van der Waals surface area contributed by atoms with Gasteiger partial charge in [-0.25, -0.2) is 0 Å². The van der Waals surface area contributed by atoms with Crippen molar-refractivity contribution in [3.05, 3.63) is 30.3 Å². The van der Waals surface area contributed by atoms with Crippen molar-refractivity contribution >= 4 is 0 Å². The summed E-state index contributed by atoms with van der Waals surface area (Å²) in [4.78, 5) is 0. The third-order valence-corrected chi connectivity index (χ3v) is 1.85. The quantitative estimate of drug-likeness (QED) is 0.696. The lowest BCUT2D eigenvalue weighted by atomic mass is 10.1. The Labute approximate surface area is 91.1 Å². The largest absolute Gasteiger partial charge is 0.492 e. The molecule has 0 amide bonds. The summed E-state index contributed by atoms with van der Waals surface area (Å²) in [6, 6.07) is 9.70. The molecule has 0 unspecified atom stereocenters. The van der Waals surface area contributed by atoms with Gasteiger partial charge in [0.1, 0.15) is 12.4 Å². The molecule has 0 saturated heterocycles. The first-order valence-corrected chi connectivity index (χ1v) is 5.19. The van der Waals surface area contributed by atoms with Gasteiger partial charge in [0.2, 0.25) is 0 Å². The summed E-state index contributed by atoms with van der Waals surface area (Å²) in [5.74, 6) is 0.877. The van der Waals surface area contributed by atoms with Gasteiger partial charge in [-0.1, -0.05) is 18.2 Å². The van der Waals surface area contributed by atoms with Crippen LogP contribution in [0.1, 0.15) is 13.8 Å². The van der Waals surface area contributed by atoms with Crippen molar-refractivity contribution in [2.24, 2.45) is 0 Å². The molecule has 1 rings (SSSR count). The molecule has 15 heavy (non-hydrogen) atoms. The zero-order valence-corrected chi connectivity index (χ0v) is 9.36. The van der Waals surface area contributed by atoms with Crippen LogP contribution in [-0.2, 0) is 0 Å². The zero-order valence-electron chi connectivity index (χ0n) is 9.36. The highest BCUT2D eigenvalue weighted by Crippen LogP contribution is 2.07. The minimum absolute atomic E-state index is 0.575. The molecule has 1 aromatic rings. The number of ether oxygens (including phenoxy) is 1. The maximum absolute atomic E-state index is 9.43. The average molecular weight is 209 g/mol. The minimum Gasteiger partial charge on any atom is -0.492 e. The van der Waals surface area contributed by atoms with E-state index in [1.54, 1.807) is 13.8 Å². The van der Waals surface area contributed by atoms with E-state index in [0.29, 0.717) is 13.2 Å². The maximum atomic E-state index is 9.43. The first kappa shape index (κ1) is 12.0. The fourth-order valence-corrected chi connectivity index (χ4v) is 1.15. The summed E-state index contributed by atoms with van der Waals surface area (Å²) >= 11 is 0. The van der Waals surface area contributed by atoms with E-state index >= 15 is 0 Å². The van der Waals surface area contributed by atoms with Crippen LogP contribution in [0.2, 0.25) is 0 Å². The van der Waals surface area contributed by atoms with E-state index in [2.05, 4.69) is 5.32 Å². The van der Waals surface area contributed by atoms with E-state index in [4.69, 9.17) is 4.74 Å². The number of hydrogen-bond acceptors (Lipinski definition) is 3. The second-order valence-electron chi connectivity index (χ2n) is 4.15. The van der Waals surface area contributed by atoms with Crippen molar-refractivity contribution in [1.82, 2.24) is 5.32 Å². The Morgan fingerprint density at radius 3 is 2.53 bits per heavy atom. The summed E-state index contributed by atoms with van der Waals surface area (Å²) in [5.41, 5.74) is -0.660. The van der Waals surface area contributed by atoms with Crippen LogP contribution < -0.4 is 10.1 Å². The molecule has 84 valence electrons. The summed E-state index contributed by atoms with van der Waals surface area (Å²) in [7, 11) is 0. The van der Waals surface area contributed by atoms with E-state index in [9.17, 15) is 5.11 Å². The predicted molar refractivity (Wildman–Crippen MR) is 61.1 cm³/mol. The predicted octanol–water partition coefficient (Wildman–Crippen LogP) is 1.43. The number of nitrogens with one attached hydrogen (secondary N) is 1. The van der Waals surface area contributed by atoms with Crippen LogP contribution in [0.3, 0.4) is 0 Å². The van der Waals surface area contributed by atoms with Crippen molar-refractivity contribution in [3.8, 4) is 5.75 Å². The van der Waals surface area contributed by atoms with Gasteiger partial charge in [-0.3, -0.25) is 0 Å². The van der Waals surface area contributed by atoms with Crippen LogP contribution in [0.25, 0.3) is 0 Å². The minimum atomic E-state index is -0.660. The first-order chi connectivity index (χ1) is 7.08. The molecular weight excluding hydrogens is 190 g/mol. The van der Waals surface area contributed by atoms with Gasteiger partial charge in [0.15, 0.2) is 0 Å². The van der Waals surface area contributed by atoms with Crippen molar-refractivity contribution in [3.63, 3.8) is 0 Å². The first-order valence-electron chi connectivity index (χ1n) is 5.19. The Kier molecular flexibility index (Phi) is 4.59. The molecule has 0 spiro atoms. The Hall–Kier alpha value is -1.06. The van der Waals surface area contributed by atoms with Gasteiger partial charge in [0, 0.05) is 13.1 Å². The number of para-hydroxylation sites is 1. The van der Waals surface area contributed by atoms with Gasteiger partial charge in [0.25, 0.3) is 0 Å². The molecule has 0 saturated carbocycles. The summed E-state index contributed by atoms with van der Waals surface area (Å²) in [6.07, 6.45) is 0. The van der Waals surface area contributed by atoms with E-state index < -0.39 is 5.60 Å². The Morgan fingerprint density at radius 1 is 1.27 bits per heavy atom. The number of aliphatic hydroxyl groups is 1. The molecule has 0 aliphatic carbocycles. The highest BCUT2D eigenvalue weighted by molar-refractivity contribution is 5.20. The zero-order chi connectivity index (χ0) is 11.1. The van der Waals surface area contributed by atoms with Gasteiger partial charge >= 0.3 is 0 Å². The Morgan fingerprint density at radius 2 is 1.93 bits per heavy atom. The van der Waals surface area contributed by atoms with Crippen LogP contribution in [0, 0.1) is 0 Å². The molecule has 3 heteroatoms. The lowest BCUT2D eigenvalue weighted by molar-refractivity contribution is 0.0789. The second kappa shape index (κ2) is 5.73. The molecule has 0 aliphatic heterocycles. The molecule has 1 aromatic carbocycles. The molecule has 0 aromatic heterocycles. The number of rotatable bonds is 6. The van der Waals surface area contributed by atoms with Crippen molar-refractivity contribution < 1.29 is 9.84 Å².